The summed E-state index contributed by atoms with van der Waals surface area (Å²) in [6, 6.07) is 11.2. The number of carbonyl (C=O) groups excluding carboxylic acids is 1. The van der Waals surface area contributed by atoms with E-state index in [1.54, 1.807) is 30.5 Å². The van der Waals surface area contributed by atoms with Gasteiger partial charge in [0.25, 0.3) is 10.0 Å². The van der Waals surface area contributed by atoms with Crippen molar-refractivity contribution in [1.82, 2.24) is 9.97 Å². The molecule has 8 heteroatoms. The first kappa shape index (κ1) is 16.4. The molecule has 0 radical (unpaired) electrons. The molecule has 122 valence electrons. The van der Waals surface area contributed by atoms with Crippen molar-refractivity contribution >= 4 is 45.2 Å². The lowest BCUT2D eigenvalue weighted by Gasteiger charge is -2.08. The third kappa shape index (κ3) is 3.39. The van der Waals surface area contributed by atoms with Gasteiger partial charge in [-0.05, 0) is 36.4 Å². The van der Waals surface area contributed by atoms with Gasteiger partial charge in [-0.25, -0.2) is 13.4 Å². The van der Waals surface area contributed by atoms with Crippen molar-refractivity contribution in [3.05, 3.63) is 60.4 Å². The van der Waals surface area contributed by atoms with Crippen LogP contribution in [-0.2, 0) is 10.0 Å². The van der Waals surface area contributed by atoms with Crippen LogP contribution in [0.5, 0.6) is 0 Å². The Morgan fingerprint density at radius 1 is 1.12 bits per heavy atom. The molecular formula is C16H13N3O3S2. The Bertz CT molecular complexity index is 1000. The van der Waals surface area contributed by atoms with Gasteiger partial charge in [0.15, 0.2) is 5.78 Å². The Morgan fingerprint density at radius 2 is 1.96 bits per heavy atom. The lowest BCUT2D eigenvalue weighted by molar-refractivity contribution is 0.102. The summed E-state index contributed by atoms with van der Waals surface area (Å²) in [6.45, 7) is 0. The van der Waals surface area contributed by atoms with Crippen LogP contribution in [-0.4, -0.2) is 29.9 Å². The van der Waals surface area contributed by atoms with E-state index < -0.39 is 10.0 Å². The number of fused-ring (bicyclic) bond motifs is 1. The van der Waals surface area contributed by atoms with E-state index in [0.717, 1.165) is 5.39 Å². The minimum absolute atomic E-state index is 0.0673. The van der Waals surface area contributed by atoms with Gasteiger partial charge in [-0.3, -0.25) is 14.5 Å². The summed E-state index contributed by atoms with van der Waals surface area (Å²) in [7, 11) is -3.78. The quantitative estimate of drug-likeness (QED) is 0.540. The van der Waals surface area contributed by atoms with Gasteiger partial charge in [-0.2, -0.15) is 12.6 Å². The molecule has 1 aromatic carbocycles. The van der Waals surface area contributed by atoms with E-state index in [2.05, 4.69) is 27.3 Å². The molecule has 3 rings (SSSR count). The highest BCUT2D eigenvalue weighted by molar-refractivity contribution is 7.92. The average Bonchev–Trinajstić information content (AvgIpc) is 2.61. The van der Waals surface area contributed by atoms with Crippen LogP contribution in [0.1, 0.15) is 10.4 Å². The SMILES string of the molecule is O=C(CS)c1ccc(NS(=O)(=O)c2ccc3ncccc3c2)nc1. The van der Waals surface area contributed by atoms with Gasteiger partial charge < -0.3 is 0 Å². The Morgan fingerprint density at radius 3 is 2.67 bits per heavy atom. The van der Waals surface area contributed by atoms with Gasteiger partial charge in [0.2, 0.25) is 0 Å². The van der Waals surface area contributed by atoms with Crippen molar-refractivity contribution in [2.75, 3.05) is 10.5 Å². The molecule has 0 atom stereocenters. The van der Waals surface area contributed by atoms with Crippen LogP contribution in [0, 0.1) is 0 Å². The summed E-state index contributed by atoms with van der Waals surface area (Å²) in [5.41, 5.74) is 1.09. The number of hydrogen-bond acceptors (Lipinski definition) is 6. The molecule has 0 amide bonds. The summed E-state index contributed by atoms with van der Waals surface area (Å²) < 4.78 is 27.3. The maximum atomic E-state index is 12.5. The molecule has 6 nitrogen and oxygen atoms in total. The number of sulfonamides is 1. The third-order valence-corrected chi connectivity index (χ3v) is 4.99. The number of rotatable bonds is 5. The lowest BCUT2D eigenvalue weighted by atomic mass is 10.2. The van der Waals surface area contributed by atoms with Gasteiger partial charge in [-0.15, -0.1) is 0 Å². The van der Waals surface area contributed by atoms with Crippen LogP contribution in [0.25, 0.3) is 10.9 Å². The number of benzene rings is 1. The fraction of sp³-hybridized carbons (Fsp3) is 0.0625. The van der Waals surface area contributed by atoms with Crippen LogP contribution in [0.4, 0.5) is 5.82 Å². The Labute approximate surface area is 144 Å². The molecule has 0 aliphatic carbocycles. The maximum Gasteiger partial charge on any atom is 0.263 e. The van der Waals surface area contributed by atoms with Crippen molar-refractivity contribution in [3.8, 4) is 0 Å². The van der Waals surface area contributed by atoms with Crippen LogP contribution in [0.15, 0.2) is 59.8 Å². The Kier molecular flexibility index (Phi) is 4.50. The summed E-state index contributed by atoms with van der Waals surface area (Å²) in [5.74, 6) is 0.0250. The van der Waals surface area contributed by atoms with E-state index in [-0.39, 0.29) is 22.2 Å². The van der Waals surface area contributed by atoms with E-state index in [1.165, 1.54) is 24.4 Å². The molecule has 2 aromatic heterocycles. The molecule has 2 heterocycles. The molecular weight excluding hydrogens is 346 g/mol. The zero-order chi connectivity index (χ0) is 17.2. The monoisotopic (exact) mass is 359 g/mol. The fourth-order valence-corrected chi connectivity index (χ4v) is 3.35. The number of pyridine rings is 2. The fourth-order valence-electron chi connectivity index (χ4n) is 2.13. The van der Waals surface area contributed by atoms with Crippen LogP contribution in [0.3, 0.4) is 0 Å². The summed E-state index contributed by atoms with van der Waals surface area (Å²) in [5, 5.41) is 0.725. The smallest absolute Gasteiger partial charge is 0.263 e. The number of anilines is 1. The molecule has 0 unspecified atom stereocenters. The van der Waals surface area contributed by atoms with Crippen LogP contribution in [0.2, 0.25) is 0 Å². The minimum atomic E-state index is -3.78. The standard InChI is InChI=1S/C16H13N3O3S2/c20-15(10-23)12-3-6-16(18-9-12)19-24(21,22)13-4-5-14-11(8-13)2-1-7-17-14/h1-9,23H,10H2,(H,18,19). The number of nitrogens with one attached hydrogen (secondary N) is 1. The first-order valence-corrected chi connectivity index (χ1v) is 9.09. The molecule has 24 heavy (non-hydrogen) atoms. The molecule has 0 fully saturated rings. The molecule has 0 aliphatic rings. The van der Waals surface area contributed by atoms with Gasteiger partial charge in [0, 0.05) is 23.3 Å². The number of nitrogens with zero attached hydrogens (tertiary/aromatic N) is 2. The first-order chi connectivity index (χ1) is 11.5. The highest BCUT2D eigenvalue weighted by Gasteiger charge is 2.16. The van der Waals surface area contributed by atoms with Gasteiger partial charge in [0.1, 0.15) is 5.82 Å². The Balaban J connectivity index is 1.88. The zero-order valence-corrected chi connectivity index (χ0v) is 14.1. The van der Waals surface area contributed by atoms with Crippen LogP contribution < -0.4 is 4.72 Å². The summed E-state index contributed by atoms with van der Waals surface area (Å²) in [4.78, 5) is 19.7. The number of thiol groups is 1. The molecule has 0 saturated carbocycles. The summed E-state index contributed by atoms with van der Waals surface area (Å²) >= 11 is 3.90. The second-order valence-corrected chi connectivity index (χ2v) is 6.98. The van der Waals surface area contributed by atoms with E-state index in [0.29, 0.717) is 11.1 Å². The molecule has 0 spiro atoms. The number of Topliss-reactive ketones (excluding diaryl/α,β-unsaturated/α-hetero) is 1. The van der Waals surface area contributed by atoms with E-state index in [9.17, 15) is 13.2 Å². The van der Waals surface area contributed by atoms with E-state index in [4.69, 9.17) is 0 Å². The molecule has 0 aliphatic heterocycles. The predicted molar refractivity (Wildman–Crippen MR) is 95.0 cm³/mol. The van der Waals surface area contributed by atoms with E-state index in [1.807, 2.05) is 0 Å². The largest absolute Gasteiger partial charge is 0.293 e. The topological polar surface area (TPSA) is 89.0 Å². The van der Waals surface area contributed by atoms with Crippen molar-refractivity contribution in [3.63, 3.8) is 0 Å². The third-order valence-electron chi connectivity index (χ3n) is 3.35. The molecule has 1 N–H and O–H groups in total. The van der Waals surface area contributed by atoms with Crippen molar-refractivity contribution in [2.45, 2.75) is 4.90 Å². The number of aromatic nitrogens is 2. The zero-order valence-electron chi connectivity index (χ0n) is 12.4. The first-order valence-electron chi connectivity index (χ1n) is 6.97. The van der Waals surface area contributed by atoms with Gasteiger partial charge in [0.05, 0.1) is 16.2 Å². The lowest BCUT2D eigenvalue weighted by Crippen LogP contribution is -2.14. The van der Waals surface area contributed by atoms with Crippen molar-refractivity contribution in [2.24, 2.45) is 0 Å². The summed E-state index contributed by atoms with van der Waals surface area (Å²) in [6.07, 6.45) is 2.97. The number of carbonyl (C=O) groups is 1. The van der Waals surface area contributed by atoms with Crippen LogP contribution >= 0.6 is 12.6 Å². The molecule has 0 saturated heterocycles. The van der Waals surface area contributed by atoms with Gasteiger partial charge in [-0.1, -0.05) is 6.07 Å². The second-order valence-electron chi connectivity index (χ2n) is 4.98. The number of ketones is 1. The predicted octanol–water partition coefficient (Wildman–Crippen LogP) is 2.54. The Hall–Kier alpha value is -2.45. The highest BCUT2D eigenvalue weighted by atomic mass is 32.2. The molecule has 3 aromatic rings. The average molecular weight is 359 g/mol. The van der Waals surface area contributed by atoms with Crippen molar-refractivity contribution < 1.29 is 13.2 Å². The normalized spacial score (nSPS) is 11.4. The van der Waals surface area contributed by atoms with E-state index >= 15 is 0 Å². The van der Waals surface area contributed by atoms with Crippen molar-refractivity contribution in [1.29, 1.82) is 0 Å². The maximum absolute atomic E-state index is 12.5. The van der Waals surface area contributed by atoms with Gasteiger partial charge >= 0.3 is 0 Å². The molecule has 0 bridgehead atoms. The minimum Gasteiger partial charge on any atom is -0.293 e. The second kappa shape index (κ2) is 6.58. The number of hydrogen-bond donors (Lipinski definition) is 2. The highest BCUT2D eigenvalue weighted by Crippen LogP contribution is 2.19.